The van der Waals surface area contributed by atoms with Gasteiger partial charge < -0.3 is 4.90 Å². The Balaban J connectivity index is 1.89. The number of sulfonamides is 1. The van der Waals surface area contributed by atoms with Gasteiger partial charge in [0.05, 0.1) is 4.90 Å². The molecule has 0 atom stereocenters. The van der Waals surface area contributed by atoms with Gasteiger partial charge in [0.2, 0.25) is 5.95 Å². The molecule has 8 heteroatoms. The summed E-state index contributed by atoms with van der Waals surface area (Å²) in [7, 11) is -3.69. The van der Waals surface area contributed by atoms with Crippen LogP contribution in [0.2, 0.25) is 5.15 Å². The number of hydrogen-bond donors (Lipinski definition) is 1. The van der Waals surface area contributed by atoms with E-state index in [0.717, 1.165) is 25.9 Å². The fourth-order valence-corrected chi connectivity index (χ4v) is 3.50. The van der Waals surface area contributed by atoms with Gasteiger partial charge in [-0.15, -0.1) is 0 Å². The molecule has 1 saturated heterocycles. The monoisotopic (exact) mass is 338 g/mol. The molecule has 0 radical (unpaired) electrons. The Bertz CT molecular complexity index is 762. The maximum Gasteiger partial charge on any atom is 0.263 e. The maximum atomic E-state index is 12.3. The van der Waals surface area contributed by atoms with Crippen molar-refractivity contribution >= 4 is 33.4 Å². The van der Waals surface area contributed by atoms with Gasteiger partial charge in [0.1, 0.15) is 11.0 Å². The van der Waals surface area contributed by atoms with Crippen LogP contribution >= 0.6 is 11.6 Å². The lowest BCUT2D eigenvalue weighted by atomic mass is 10.4. The summed E-state index contributed by atoms with van der Waals surface area (Å²) in [6.45, 7) is 1.70. The van der Waals surface area contributed by atoms with Crippen LogP contribution in [0.4, 0.5) is 11.8 Å². The molecule has 1 aliphatic rings. The van der Waals surface area contributed by atoms with Crippen molar-refractivity contribution in [2.75, 3.05) is 22.7 Å². The molecular weight excluding hydrogens is 324 g/mol. The van der Waals surface area contributed by atoms with E-state index in [4.69, 9.17) is 11.6 Å². The molecule has 2 heterocycles. The summed E-state index contributed by atoms with van der Waals surface area (Å²) in [4.78, 5) is 10.6. The van der Waals surface area contributed by atoms with Gasteiger partial charge >= 0.3 is 0 Å². The second-order valence-corrected chi connectivity index (χ2v) is 7.06. The van der Waals surface area contributed by atoms with Crippen LogP contribution in [-0.4, -0.2) is 31.5 Å². The van der Waals surface area contributed by atoms with Crippen molar-refractivity contribution in [2.45, 2.75) is 17.7 Å². The lowest BCUT2D eigenvalue weighted by Crippen LogP contribution is -2.22. The van der Waals surface area contributed by atoms with Crippen LogP contribution in [0.5, 0.6) is 0 Å². The first-order chi connectivity index (χ1) is 10.5. The molecule has 1 aromatic carbocycles. The van der Waals surface area contributed by atoms with Gasteiger partial charge in [-0.3, -0.25) is 4.72 Å². The van der Waals surface area contributed by atoms with Crippen molar-refractivity contribution in [1.29, 1.82) is 0 Å². The smallest absolute Gasteiger partial charge is 0.263 e. The standard InChI is InChI=1S/C14H15ClN4O2S/c15-12-10-13(17-14(16-12)19-8-4-5-9-19)18-22(20,21)11-6-2-1-3-7-11/h1-3,6-7,10H,4-5,8-9H2,(H,16,17,18). The molecule has 1 aliphatic heterocycles. The first-order valence-electron chi connectivity index (χ1n) is 6.92. The average Bonchev–Trinajstić information content (AvgIpc) is 3.01. The van der Waals surface area contributed by atoms with Crippen LogP contribution in [-0.2, 0) is 10.0 Å². The van der Waals surface area contributed by atoms with Crippen molar-refractivity contribution in [1.82, 2.24) is 9.97 Å². The van der Waals surface area contributed by atoms with Crippen LogP contribution in [0.3, 0.4) is 0 Å². The Morgan fingerprint density at radius 2 is 1.77 bits per heavy atom. The highest BCUT2D eigenvalue weighted by Crippen LogP contribution is 2.22. The summed E-state index contributed by atoms with van der Waals surface area (Å²) in [5.41, 5.74) is 0. The molecule has 0 amide bonds. The Labute approximate surface area is 134 Å². The number of aromatic nitrogens is 2. The number of nitrogens with zero attached hydrogens (tertiary/aromatic N) is 3. The quantitative estimate of drug-likeness (QED) is 0.867. The summed E-state index contributed by atoms with van der Waals surface area (Å²) in [5.74, 6) is 0.626. The summed E-state index contributed by atoms with van der Waals surface area (Å²) in [6.07, 6.45) is 2.14. The van der Waals surface area contributed by atoms with E-state index in [9.17, 15) is 8.42 Å². The Morgan fingerprint density at radius 3 is 2.45 bits per heavy atom. The molecule has 2 aromatic rings. The van der Waals surface area contributed by atoms with Crippen molar-refractivity contribution in [2.24, 2.45) is 0 Å². The highest BCUT2D eigenvalue weighted by Gasteiger charge is 2.19. The van der Waals surface area contributed by atoms with E-state index in [1.54, 1.807) is 18.2 Å². The van der Waals surface area contributed by atoms with Crippen molar-refractivity contribution in [3.8, 4) is 0 Å². The zero-order valence-electron chi connectivity index (χ0n) is 11.7. The number of nitrogens with one attached hydrogen (secondary N) is 1. The van der Waals surface area contributed by atoms with E-state index in [-0.39, 0.29) is 15.9 Å². The van der Waals surface area contributed by atoms with E-state index >= 15 is 0 Å². The molecule has 0 spiro atoms. The van der Waals surface area contributed by atoms with Gasteiger partial charge in [0, 0.05) is 19.2 Å². The molecule has 3 rings (SSSR count). The first-order valence-corrected chi connectivity index (χ1v) is 8.78. The number of halogens is 1. The molecule has 116 valence electrons. The van der Waals surface area contributed by atoms with Crippen LogP contribution in [0.25, 0.3) is 0 Å². The Hall–Kier alpha value is -1.86. The summed E-state index contributed by atoms with van der Waals surface area (Å²) >= 11 is 5.99. The third kappa shape index (κ3) is 3.31. The normalized spacial score (nSPS) is 15.0. The number of hydrogen-bond acceptors (Lipinski definition) is 5. The average molecular weight is 339 g/mol. The van der Waals surface area contributed by atoms with Crippen LogP contribution < -0.4 is 9.62 Å². The highest BCUT2D eigenvalue weighted by molar-refractivity contribution is 7.92. The van der Waals surface area contributed by atoms with Gasteiger partial charge in [0.15, 0.2) is 0 Å². The zero-order chi connectivity index (χ0) is 15.6. The number of anilines is 2. The van der Waals surface area contributed by atoms with Gasteiger partial charge in [-0.2, -0.15) is 4.98 Å². The van der Waals surface area contributed by atoms with E-state index in [1.165, 1.54) is 18.2 Å². The summed E-state index contributed by atoms with van der Waals surface area (Å²) in [6, 6.07) is 9.53. The topological polar surface area (TPSA) is 75.2 Å². The lowest BCUT2D eigenvalue weighted by Gasteiger charge is -2.16. The second-order valence-electron chi connectivity index (χ2n) is 4.99. The second kappa shape index (κ2) is 6.10. The molecule has 0 bridgehead atoms. The van der Waals surface area contributed by atoms with Crippen LogP contribution in [0.15, 0.2) is 41.3 Å². The lowest BCUT2D eigenvalue weighted by molar-refractivity contribution is 0.601. The Kier molecular flexibility index (Phi) is 4.17. The molecule has 22 heavy (non-hydrogen) atoms. The van der Waals surface area contributed by atoms with Crippen LogP contribution in [0, 0.1) is 0 Å². The Morgan fingerprint density at radius 1 is 1.09 bits per heavy atom. The van der Waals surface area contributed by atoms with Gasteiger partial charge in [-0.25, -0.2) is 13.4 Å². The van der Waals surface area contributed by atoms with Crippen molar-refractivity contribution in [3.05, 3.63) is 41.6 Å². The molecule has 0 aliphatic carbocycles. The van der Waals surface area contributed by atoms with E-state index in [2.05, 4.69) is 14.7 Å². The zero-order valence-corrected chi connectivity index (χ0v) is 13.3. The first kappa shape index (κ1) is 15.1. The van der Waals surface area contributed by atoms with Gasteiger partial charge in [0.25, 0.3) is 10.0 Å². The minimum Gasteiger partial charge on any atom is -0.341 e. The van der Waals surface area contributed by atoms with Crippen LogP contribution in [0.1, 0.15) is 12.8 Å². The van der Waals surface area contributed by atoms with E-state index in [0.29, 0.717) is 5.95 Å². The van der Waals surface area contributed by atoms with Gasteiger partial charge in [-0.1, -0.05) is 29.8 Å². The predicted octanol–water partition coefficient (Wildman–Crippen LogP) is 2.53. The number of benzene rings is 1. The fourth-order valence-electron chi connectivity index (χ4n) is 2.31. The predicted molar refractivity (Wildman–Crippen MR) is 85.7 cm³/mol. The summed E-state index contributed by atoms with van der Waals surface area (Å²) in [5, 5.41) is 0.211. The fraction of sp³-hybridized carbons (Fsp3) is 0.286. The number of rotatable bonds is 4. The molecule has 6 nitrogen and oxygen atoms in total. The SMILES string of the molecule is O=S(=O)(Nc1cc(Cl)nc(N2CCCC2)n1)c1ccccc1. The summed E-state index contributed by atoms with van der Waals surface area (Å²) < 4.78 is 27.1. The third-order valence-corrected chi connectivity index (χ3v) is 4.93. The maximum absolute atomic E-state index is 12.3. The van der Waals surface area contributed by atoms with Gasteiger partial charge in [-0.05, 0) is 25.0 Å². The minimum atomic E-state index is -3.69. The van der Waals surface area contributed by atoms with Crippen molar-refractivity contribution in [3.63, 3.8) is 0 Å². The highest BCUT2D eigenvalue weighted by atomic mass is 35.5. The largest absolute Gasteiger partial charge is 0.341 e. The minimum absolute atomic E-state index is 0.172. The third-order valence-electron chi connectivity index (χ3n) is 3.36. The molecule has 0 unspecified atom stereocenters. The van der Waals surface area contributed by atoms with E-state index in [1.807, 2.05) is 4.90 Å². The van der Waals surface area contributed by atoms with Crippen molar-refractivity contribution < 1.29 is 8.42 Å². The molecule has 1 N–H and O–H groups in total. The molecule has 1 fully saturated rings. The molecule has 0 saturated carbocycles. The molecule has 1 aromatic heterocycles. The van der Waals surface area contributed by atoms with E-state index < -0.39 is 10.0 Å². The molecular formula is C14H15ClN4O2S.